The minimum atomic E-state index is -1.28. The topological polar surface area (TPSA) is 66.4 Å². The van der Waals surface area contributed by atoms with Crippen LogP contribution >= 0.6 is 11.6 Å². The highest BCUT2D eigenvalue weighted by Gasteiger charge is 2.57. The molecule has 1 atom stereocenters. The molecule has 0 heterocycles. The fourth-order valence-electron chi connectivity index (χ4n) is 1.86. The summed E-state index contributed by atoms with van der Waals surface area (Å²) >= 11 is 5.67. The lowest BCUT2D eigenvalue weighted by Gasteiger charge is -2.17. The first-order valence-corrected chi connectivity index (χ1v) is 6.24. The van der Waals surface area contributed by atoms with E-state index in [2.05, 4.69) is 5.32 Å². The molecule has 0 spiro atoms. The molecule has 4 nitrogen and oxygen atoms in total. The van der Waals surface area contributed by atoms with Crippen LogP contribution in [-0.2, 0) is 9.59 Å². The maximum atomic E-state index is 13.0. The van der Waals surface area contributed by atoms with E-state index in [1.807, 2.05) is 0 Å². The lowest BCUT2D eigenvalue weighted by molar-refractivity contribution is -0.149. The van der Waals surface area contributed by atoms with Crippen LogP contribution in [-0.4, -0.2) is 17.0 Å². The molecule has 1 aliphatic rings. The molecule has 1 aromatic carbocycles. The van der Waals surface area contributed by atoms with Crippen molar-refractivity contribution in [2.24, 2.45) is 5.41 Å². The van der Waals surface area contributed by atoms with Gasteiger partial charge >= 0.3 is 5.97 Å². The normalized spacial score (nSPS) is 17.6. The molecule has 1 saturated carbocycles. The Morgan fingerprint density at radius 2 is 2.11 bits per heavy atom. The number of halogens is 2. The summed E-state index contributed by atoms with van der Waals surface area (Å²) in [6.45, 7) is 1.69. The number of carboxylic acid groups (broad SMARTS) is 1. The predicted molar refractivity (Wildman–Crippen MR) is 67.3 cm³/mol. The van der Waals surface area contributed by atoms with Gasteiger partial charge < -0.3 is 10.4 Å². The van der Waals surface area contributed by atoms with Crippen molar-refractivity contribution in [2.75, 3.05) is 0 Å². The van der Waals surface area contributed by atoms with E-state index in [0.29, 0.717) is 18.4 Å². The Morgan fingerprint density at radius 1 is 1.47 bits per heavy atom. The van der Waals surface area contributed by atoms with Gasteiger partial charge in [-0.1, -0.05) is 17.7 Å². The first-order chi connectivity index (χ1) is 8.86. The summed E-state index contributed by atoms with van der Waals surface area (Å²) in [5.41, 5.74) is -0.654. The molecule has 6 heteroatoms. The summed E-state index contributed by atoms with van der Waals surface area (Å²) in [6.07, 6.45) is 0.704. The summed E-state index contributed by atoms with van der Waals surface area (Å²) in [4.78, 5) is 22.9. The molecule has 1 unspecified atom stereocenters. The van der Waals surface area contributed by atoms with Crippen molar-refractivity contribution in [3.05, 3.63) is 34.6 Å². The SMILES string of the molecule is CC(NC(=O)C1(C(=O)O)CC1)c1ccc(F)c(Cl)c1. The summed E-state index contributed by atoms with van der Waals surface area (Å²) < 4.78 is 13.0. The molecule has 2 N–H and O–H groups in total. The van der Waals surface area contributed by atoms with Gasteiger partial charge in [-0.2, -0.15) is 0 Å². The molecular weight excluding hydrogens is 273 g/mol. The summed E-state index contributed by atoms with van der Waals surface area (Å²) in [6, 6.07) is 3.71. The van der Waals surface area contributed by atoms with E-state index in [9.17, 15) is 14.0 Å². The van der Waals surface area contributed by atoms with Crippen molar-refractivity contribution in [1.82, 2.24) is 5.32 Å². The van der Waals surface area contributed by atoms with E-state index in [1.54, 1.807) is 6.92 Å². The minimum Gasteiger partial charge on any atom is -0.480 e. The average molecular weight is 286 g/mol. The zero-order valence-corrected chi connectivity index (χ0v) is 11.0. The third-order valence-corrected chi connectivity index (χ3v) is 3.67. The number of rotatable bonds is 4. The zero-order valence-electron chi connectivity index (χ0n) is 10.2. The average Bonchev–Trinajstić information content (AvgIpc) is 3.13. The Labute approximate surface area is 114 Å². The molecule has 1 amide bonds. The van der Waals surface area contributed by atoms with Crippen LogP contribution in [0.4, 0.5) is 4.39 Å². The molecule has 0 radical (unpaired) electrons. The van der Waals surface area contributed by atoms with Crippen LogP contribution in [0.15, 0.2) is 18.2 Å². The second kappa shape index (κ2) is 4.81. The van der Waals surface area contributed by atoms with Gasteiger partial charge in [-0.05, 0) is 37.5 Å². The van der Waals surface area contributed by atoms with Gasteiger partial charge in [0.1, 0.15) is 11.2 Å². The summed E-state index contributed by atoms with van der Waals surface area (Å²) in [5.74, 6) is -2.14. The molecule has 1 aromatic rings. The lowest BCUT2D eigenvalue weighted by atomic mass is 10.0. The van der Waals surface area contributed by atoms with Crippen molar-refractivity contribution in [3.8, 4) is 0 Å². The molecule has 0 aromatic heterocycles. The van der Waals surface area contributed by atoms with Crippen LogP contribution in [0, 0.1) is 11.2 Å². The minimum absolute atomic E-state index is 0.0297. The van der Waals surface area contributed by atoms with Crippen LogP contribution in [0.25, 0.3) is 0 Å². The Bertz CT molecular complexity index is 543. The maximum absolute atomic E-state index is 13.0. The summed E-state index contributed by atoms with van der Waals surface area (Å²) in [7, 11) is 0. The zero-order chi connectivity index (χ0) is 14.2. The van der Waals surface area contributed by atoms with Gasteiger partial charge in [0.25, 0.3) is 0 Å². The molecule has 0 bridgehead atoms. The molecule has 0 aliphatic heterocycles. The number of carbonyl (C=O) groups is 2. The van der Waals surface area contributed by atoms with Gasteiger partial charge in [0, 0.05) is 0 Å². The van der Waals surface area contributed by atoms with E-state index in [-0.39, 0.29) is 5.02 Å². The highest BCUT2D eigenvalue weighted by Crippen LogP contribution is 2.46. The van der Waals surface area contributed by atoms with Crippen molar-refractivity contribution in [1.29, 1.82) is 0 Å². The van der Waals surface area contributed by atoms with Gasteiger partial charge in [0.15, 0.2) is 0 Å². The molecule has 1 aliphatic carbocycles. The number of nitrogens with one attached hydrogen (secondary N) is 1. The Hall–Kier alpha value is -1.62. The number of benzene rings is 1. The molecule has 1 fully saturated rings. The smallest absolute Gasteiger partial charge is 0.319 e. The van der Waals surface area contributed by atoms with Gasteiger partial charge in [-0.25, -0.2) is 4.39 Å². The van der Waals surface area contributed by atoms with Crippen LogP contribution < -0.4 is 5.32 Å². The van der Waals surface area contributed by atoms with E-state index in [0.717, 1.165) is 0 Å². The third-order valence-electron chi connectivity index (χ3n) is 3.39. The van der Waals surface area contributed by atoms with Crippen molar-refractivity contribution < 1.29 is 19.1 Å². The Morgan fingerprint density at radius 3 is 2.58 bits per heavy atom. The lowest BCUT2D eigenvalue weighted by Crippen LogP contribution is -2.38. The number of amides is 1. The van der Waals surface area contributed by atoms with Crippen LogP contribution in [0.2, 0.25) is 5.02 Å². The van der Waals surface area contributed by atoms with E-state index in [1.165, 1.54) is 18.2 Å². The third kappa shape index (κ3) is 2.56. The molecule has 0 saturated heterocycles. The quantitative estimate of drug-likeness (QED) is 0.836. The Kier molecular flexibility index (Phi) is 3.49. The fraction of sp³-hybridized carbons (Fsp3) is 0.385. The second-order valence-corrected chi connectivity index (χ2v) is 5.16. The Balaban J connectivity index is 2.09. The number of hydrogen-bond donors (Lipinski definition) is 2. The van der Waals surface area contributed by atoms with Gasteiger partial charge in [-0.15, -0.1) is 0 Å². The molecular formula is C13H13ClFNO3. The fourth-order valence-corrected chi connectivity index (χ4v) is 2.05. The number of aliphatic carboxylic acids is 1. The van der Waals surface area contributed by atoms with Crippen molar-refractivity contribution >= 4 is 23.5 Å². The second-order valence-electron chi connectivity index (χ2n) is 4.76. The van der Waals surface area contributed by atoms with Crippen molar-refractivity contribution in [3.63, 3.8) is 0 Å². The highest BCUT2D eigenvalue weighted by molar-refractivity contribution is 6.30. The van der Waals surface area contributed by atoms with Crippen molar-refractivity contribution in [2.45, 2.75) is 25.8 Å². The molecule has 102 valence electrons. The van der Waals surface area contributed by atoms with Crippen LogP contribution in [0.3, 0.4) is 0 Å². The number of carbonyl (C=O) groups excluding carboxylic acids is 1. The summed E-state index contributed by atoms with van der Waals surface area (Å²) in [5, 5.41) is 11.6. The largest absolute Gasteiger partial charge is 0.480 e. The monoisotopic (exact) mass is 285 g/mol. The van der Waals surface area contributed by atoms with Crippen LogP contribution in [0.5, 0.6) is 0 Å². The number of hydrogen-bond acceptors (Lipinski definition) is 2. The first-order valence-electron chi connectivity index (χ1n) is 5.86. The van der Waals surface area contributed by atoms with Gasteiger partial charge in [0.05, 0.1) is 11.1 Å². The van der Waals surface area contributed by atoms with Crippen LogP contribution in [0.1, 0.15) is 31.4 Å². The predicted octanol–water partition coefficient (Wildman–Crippen LogP) is 2.52. The first kappa shape index (κ1) is 13.8. The molecule has 19 heavy (non-hydrogen) atoms. The standard InChI is InChI=1S/C13H13ClFNO3/c1-7(8-2-3-10(15)9(14)6-8)16-11(17)13(4-5-13)12(18)19/h2-3,6-7H,4-5H2,1H3,(H,16,17)(H,18,19). The maximum Gasteiger partial charge on any atom is 0.319 e. The van der Waals surface area contributed by atoms with Gasteiger partial charge in [0.2, 0.25) is 5.91 Å². The molecule has 2 rings (SSSR count). The van der Waals surface area contributed by atoms with E-state index < -0.39 is 29.2 Å². The van der Waals surface area contributed by atoms with E-state index in [4.69, 9.17) is 16.7 Å². The number of carboxylic acids is 1. The van der Waals surface area contributed by atoms with Gasteiger partial charge in [-0.3, -0.25) is 9.59 Å². The van der Waals surface area contributed by atoms with E-state index >= 15 is 0 Å². The highest BCUT2D eigenvalue weighted by atomic mass is 35.5.